The number of carbonyl (C=O) groups is 3. The molecule has 27 heavy (non-hydrogen) atoms. The number of ether oxygens (including phenoxy) is 1. The van der Waals surface area contributed by atoms with E-state index in [9.17, 15) is 14.4 Å². The average Bonchev–Trinajstić information content (AvgIpc) is 3.21. The Hall–Kier alpha value is -2.19. The van der Waals surface area contributed by atoms with Crippen LogP contribution in [0, 0.1) is 0 Å². The van der Waals surface area contributed by atoms with E-state index < -0.39 is 23.9 Å². The Bertz CT molecular complexity index is 830. The van der Waals surface area contributed by atoms with Crippen LogP contribution in [-0.2, 0) is 22.4 Å². The minimum Gasteiger partial charge on any atom is -0.448 e. The number of anilines is 1. The number of fused-ring (bicyclic) bond motifs is 1. The monoisotopic (exact) mass is 406 g/mol. The highest BCUT2D eigenvalue weighted by Gasteiger charge is 2.23. The number of esters is 1. The Balaban J connectivity index is 1.63. The van der Waals surface area contributed by atoms with Gasteiger partial charge in [0.05, 0.1) is 5.56 Å². The van der Waals surface area contributed by atoms with E-state index in [4.69, 9.17) is 10.5 Å². The van der Waals surface area contributed by atoms with E-state index in [0.29, 0.717) is 9.88 Å². The fourth-order valence-electron chi connectivity index (χ4n) is 3.03. The minimum atomic E-state index is -0.981. The lowest BCUT2D eigenvalue weighted by atomic mass is 10.00. The van der Waals surface area contributed by atoms with Crippen LogP contribution in [0.3, 0.4) is 0 Å². The normalized spacial score (nSPS) is 15.1. The second-order valence-corrected chi connectivity index (χ2v) is 8.59. The van der Waals surface area contributed by atoms with Crippen molar-refractivity contribution in [3.05, 3.63) is 38.4 Å². The highest BCUT2D eigenvalue weighted by molar-refractivity contribution is 7.15. The molecular weight excluding hydrogens is 384 g/mol. The highest BCUT2D eigenvalue weighted by Crippen LogP contribution is 2.29. The smallest absolute Gasteiger partial charge is 0.349 e. The number of hydrogen-bond donors (Lipinski definition) is 2. The Morgan fingerprint density at radius 3 is 2.67 bits per heavy atom. The number of rotatable bonds is 5. The summed E-state index contributed by atoms with van der Waals surface area (Å²) in [5.74, 6) is -1.61. The van der Waals surface area contributed by atoms with Crippen LogP contribution in [0.4, 0.5) is 5.00 Å². The third-order valence-electron chi connectivity index (χ3n) is 4.52. The molecule has 2 amide bonds. The minimum absolute atomic E-state index is 0.241. The third kappa shape index (κ3) is 4.75. The number of amides is 2. The topological polar surface area (TPSA) is 98.5 Å². The number of thiophene rings is 2. The lowest BCUT2D eigenvalue weighted by molar-refractivity contribution is -0.123. The molecule has 2 aromatic rings. The SMILES string of the molecule is C[C@@H](OC(=O)c1cc2c(s1)CCCCCC2)C(=O)Nc1sccc1C(N)=O. The molecule has 0 fully saturated rings. The standard InChI is InChI=1S/C19H22N2O4S2/c1-11(17(23)21-18-13(16(20)22)8-9-26-18)25-19(24)15-10-12-6-4-2-3-5-7-14(12)27-15/h8-11H,2-7H2,1H3,(H2,20,22)(H,21,23)/t11-/m1/s1. The Morgan fingerprint density at radius 2 is 1.93 bits per heavy atom. The molecule has 0 bridgehead atoms. The fraction of sp³-hybridized carbons (Fsp3) is 0.421. The molecule has 1 aliphatic carbocycles. The molecule has 0 spiro atoms. The maximum atomic E-state index is 12.5. The molecule has 0 unspecified atom stereocenters. The van der Waals surface area contributed by atoms with Gasteiger partial charge in [0, 0.05) is 4.88 Å². The van der Waals surface area contributed by atoms with Crippen LogP contribution in [0.2, 0.25) is 0 Å². The molecule has 6 nitrogen and oxygen atoms in total. The molecule has 2 heterocycles. The van der Waals surface area contributed by atoms with Crippen molar-refractivity contribution in [2.75, 3.05) is 5.32 Å². The van der Waals surface area contributed by atoms with Crippen molar-refractivity contribution >= 4 is 45.5 Å². The van der Waals surface area contributed by atoms with E-state index in [1.165, 1.54) is 52.9 Å². The lowest BCUT2D eigenvalue weighted by Gasteiger charge is -2.12. The van der Waals surface area contributed by atoms with Crippen molar-refractivity contribution in [2.24, 2.45) is 5.73 Å². The van der Waals surface area contributed by atoms with Gasteiger partial charge in [-0.3, -0.25) is 9.59 Å². The van der Waals surface area contributed by atoms with Crippen LogP contribution in [0.15, 0.2) is 17.5 Å². The summed E-state index contributed by atoms with van der Waals surface area (Å²) in [5.41, 5.74) is 6.74. The summed E-state index contributed by atoms with van der Waals surface area (Å²) in [4.78, 5) is 37.9. The van der Waals surface area contributed by atoms with Crippen molar-refractivity contribution in [1.29, 1.82) is 0 Å². The van der Waals surface area contributed by atoms with Crippen molar-refractivity contribution in [3.63, 3.8) is 0 Å². The first-order chi connectivity index (χ1) is 13.0. The summed E-state index contributed by atoms with van der Waals surface area (Å²) in [7, 11) is 0. The van der Waals surface area contributed by atoms with Crippen molar-refractivity contribution in [2.45, 2.75) is 51.6 Å². The van der Waals surface area contributed by atoms with E-state index in [1.807, 2.05) is 6.07 Å². The molecule has 0 aliphatic heterocycles. The molecule has 0 saturated carbocycles. The molecule has 3 N–H and O–H groups in total. The van der Waals surface area contributed by atoms with Gasteiger partial charge in [0.25, 0.3) is 11.8 Å². The number of primary amides is 1. The van der Waals surface area contributed by atoms with Gasteiger partial charge in [-0.15, -0.1) is 22.7 Å². The van der Waals surface area contributed by atoms with E-state index in [1.54, 1.807) is 11.4 Å². The predicted molar refractivity (Wildman–Crippen MR) is 107 cm³/mol. The average molecular weight is 407 g/mol. The van der Waals surface area contributed by atoms with Gasteiger partial charge in [0.2, 0.25) is 0 Å². The molecule has 0 saturated heterocycles. The number of hydrogen-bond acceptors (Lipinski definition) is 6. The number of carbonyl (C=O) groups excluding carboxylic acids is 3. The second kappa shape index (κ2) is 8.67. The van der Waals surface area contributed by atoms with Crippen molar-refractivity contribution in [1.82, 2.24) is 0 Å². The van der Waals surface area contributed by atoms with Crippen LogP contribution in [-0.4, -0.2) is 23.9 Å². The van der Waals surface area contributed by atoms with Crippen LogP contribution in [0.25, 0.3) is 0 Å². The van der Waals surface area contributed by atoms with Gasteiger partial charge in [-0.1, -0.05) is 12.8 Å². The molecule has 3 rings (SSSR count). The summed E-state index contributed by atoms with van der Waals surface area (Å²) >= 11 is 2.66. The van der Waals surface area contributed by atoms with E-state index in [-0.39, 0.29) is 5.56 Å². The zero-order valence-electron chi connectivity index (χ0n) is 15.1. The third-order valence-corrected chi connectivity index (χ3v) is 6.57. The largest absolute Gasteiger partial charge is 0.448 e. The fourth-order valence-corrected chi connectivity index (χ4v) is 4.96. The van der Waals surface area contributed by atoms with Gasteiger partial charge >= 0.3 is 5.97 Å². The van der Waals surface area contributed by atoms with Crippen molar-refractivity contribution < 1.29 is 19.1 Å². The first-order valence-electron chi connectivity index (χ1n) is 8.96. The Labute approximate surface area is 165 Å². The maximum Gasteiger partial charge on any atom is 0.349 e. The molecule has 2 aromatic heterocycles. The van der Waals surface area contributed by atoms with E-state index in [2.05, 4.69) is 5.32 Å². The summed E-state index contributed by atoms with van der Waals surface area (Å²) < 4.78 is 5.34. The van der Waals surface area contributed by atoms with Crippen LogP contribution in [0.5, 0.6) is 0 Å². The van der Waals surface area contributed by atoms with Crippen LogP contribution in [0.1, 0.15) is 63.1 Å². The number of nitrogens with one attached hydrogen (secondary N) is 1. The summed E-state index contributed by atoms with van der Waals surface area (Å²) in [6, 6.07) is 3.45. The lowest BCUT2D eigenvalue weighted by Crippen LogP contribution is -2.30. The first-order valence-corrected chi connectivity index (χ1v) is 10.7. The number of nitrogens with two attached hydrogens (primary N) is 1. The molecule has 8 heteroatoms. The zero-order chi connectivity index (χ0) is 19.4. The molecule has 0 aromatic carbocycles. The van der Waals surface area contributed by atoms with Crippen LogP contribution >= 0.6 is 22.7 Å². The van der Waals surface area contributed by atoms with Gasteiger partial charge in [0.1, 0.15) is 9.88 Å². The van der Waals surface area contributed by atoms with Crippen molar-refractivity contribution in [3.8, 4) is 0 Å². The van der Waals surface area contributed by atoms with Gasteiger partial charge in [-0.2, -0.15) is 0 Å². The van der Waals surface area contributed by atoms with E-state index >= 15 is 0 Å². The Morgan fingerprint density at radius 1 is 1.19 bits per heavy atom. The number of aryl methyl sites for hydroxylation is 2. The summed E-state index contributed by atoms with van der Waals surface area (Å²) in [6.45, 7) is 1.51. The van der Waals surface area contributed by atoms with Crippen LogP contribution < -0.4 is 11.1 Å². The predicted octanol–water partition coefficient (Wildman–Crippen LogP) is 3.75. The first kappa shape index (κ1) is 19.6. The summed E-state index contributed by atoms with van der Waals surface area (Å²) in [6.07, 6.45) is 5.74. The maximum absolute atomic E-state index is 12.5. The molecule has 1 atom stereocenters. The molecule has 0 radical (unpaired) electrons. The summed E-state index contributed by atoms with van der Waals surface area (Å²) in [5, 5.41) is 4.62. The quantitative estimate of drug-likeness (QED) is 0.739. The van der Waals surface area contributed by atoms with E-state index in [0.717, 1.165) is 25.7 Å². The van der Waals surface area contributed by atoms with Gasteiger partial charge < -0.3 is 15.8 Å². The Kier molecular flexibility index (Phi) is 6.28. The van der Waals surface area contributed by atoms with Gasteiger partial charge in [0.15, 0.2) is 6.10 Å². The highest BCUT2D eigenvalue weighted by atomic mass is 32.1. The second-order valence-electron chi connectivity index (χ2n) is 6.54. The van der Waals surface area contributed by atoms with Gasteiger partial charge in [-0.25, -0.2) is 4.79 Å². The molecular formula is C19H22N2O4S2. The molecule has 144 valence electrons. The molecule has 1 aliphatic rings. The van der Waals surface area contributed by atoms with Gasteiger partial charge in [-0.05, 0) is 55.7 Å². The zero-order valence-corrected chi connectivity index (χ0v) is 16.7.